The topological polar surface area (TPSA) is 12.0 Å². The summed E-state index contributed by atoms with van der Waals surface area (Å²) in [4.78, 5) is 0. The Labute approximate surface area is 129 Å². The van der Waals surface area contributed by atoms with Gasteiger partial charge in [0.1, 0.15) is 5.82 Å². The number of aryl methyl sites for hydroxylation is 1. The van der Waals surface area contributed by atoms with Crippen LogP contribution in [0.25, 0.3) is 0 Å². The van der Waals surface area contributed by atoms with E-state index in [1.807, 2.05) is 18.2 Å². The molecule has 2 aromatic carbocycles. The first kappa shape index (κ1) is 14.5. The van der Waals surface area contributed by atoms with Crippen molar-refractivity contribution >= 4 is 37.5 Å². The van der Waals surface area contributed by atoms with Gasteiger partial charge in [0.15, 0.2) is 0 Å². The number of hydrogen-bond donors (Lipinski definition) is 1. The maximum Gasteiger partial charge on any atom is 0.126 e. The number of benzene rings is 2. The SMILES string of the molecule is Cc1cc(NC(C)c2ccc(Br)cc2Br)ccc1F. The van der Waals surface area contributed by atoms with Crippen LogP contribution in [0.4, 0.5) is 10.1 Å². The number of rotatable bonds is 3. The molecule has 100 valence electrons. The van der Waals surface area contributed by atoms with E-state index in [1.165, 1.54) is 6.07 Å². The zero-order valence-electron chi connectivity index (χ0n) is 10.7. The van der Waals surface area contributed by atoms with Gasteiger partial charge in [-0.25, -0.2) is 4.39 Å². The highest BCUT2D eigenvalue weighted by molar-refractivity contribution is 9.11. The van der Waals surface area contributed by atoms with Crippen LogP contribution in [0.15, 0.2) is 45.3 Å². The van der Waals surface area contributed by atoms with E-state index in [-0.39, 0.29) is 11.9 Å². The van der Waals surface area contributed by atoms with Crippen LogP contribution in [0.3, 0.4) is 0 Å². The summed E-state index contributed by atoms with van der Waals surface area (Å²) in [5, 5.41) is 3.37. The quantitative estimate of drug-likeness (QED) is 0.699. The summed E-state index contributed by atoms with van der Waals surface area (Å²) in [7, 11) is 0. The van der Waals surface area contributed by atoms with Crippen molar-refractivity contribution in [3.63, 3.8) is 0 Å². The summed E-state index contributed by atoms with van der Waals surface area (Å²) in [6, 6.07) is 11.3. The highest BCUT2D eigenvalue weighted by Gasteiger charge is 2.10. The van der Waals surface area contributed by atoms with E-state index in [2.05, 4.69) is 50.2 Å². The van der Waals surface area contributed by atoms with Gasteiger partial charge in [-0.3, -0.25) is 0 Å². The van der Waals surface area contributed by atoms with Gasteiger partial charge in [-0.2, -0.15) is 0 Å². The van der Waals surface area contributed by atoms with Crippen LogP contribution < -0.4 is 5.32 Å². The van der Waals surface area contributed by atoms with Crippen LogP contribution in [0.5, 0.6) is 0 Å². The van der Waals surface area contributed by atoms with Gasteiger partial charge in [0.25, 0.3) is 0 Å². The van der Waals surface area contributed by atoms with Crippen LogP contribution in [0.2, 0.25) is 0 Å². The van der Waals surface area contributed by atoms with Crippen LogP contribution in [-0.4, -0.2) is 0 Å². The third-order valence-electron chi connectivity index (χ3n) is 2.97. The fourth-order valence-corrected chi connectivity index (χ4v) is 3.31. The Kier molecular flexibility index (Phi) is 4.63. The van der Waals surface area contributed by atoms with E-state index in [4.69, 9.17) is 0 Å². The van der Waals surface area contributed by atoms with Crippen molar-refractivity contribution in [3.8, 4) is 0 Å². The average Bonchev–Trinajstić information content (AvgIpc) is 2.33. The minimum Gasteiger partial charge on any atom is -0.378 e. The van der Waals surface area contributed by atoms with Gasteiger partial charge in [-0.15, -0.1) is 0 Å². The summed E-state index contributed by atoms with van der Waals surface area (Å²) < 4.78 is 15.3. The molecule has 0 aromatic heterocycles. The number of nitrogens with one attached hydrogen (secondary N) is 1. The minimum absolute atomic E-state index is 0.132. The third-order valence-corrected chi connectivity index (χ3v) is 4.15. The predicted octanol–water partition coefficient (Wildman–Crippen LogP) is 5.83. The first-order valence-corrected chi connectivity index (χ1v) is 7.53. The molecule has 0 aliphatic carbocycles. The first-order valence-electron chi connectivity index (χ1n) is 5.95. The maximum atomic E-state index is 13.2. The number of hydrogen-bond acceptors (Lipinski definition) is 1. The van der Waals surface area contributed by atoms with Crippen LogP contribution in [0.1, 0.15) is 24.1 Å². The molecule has 4 heteroatoms. The van der Waals surface area contributed by atoms with E-state index in [9.17, 15) is 4.39 Å². The van der Waals surface area contributed by atoms with Crippen molar-refractivity contribution in [1.29, 1.82) is 0 Å². The first-order chi connectivity index (χ1) is 8.97. The molecule has 0 heterocycles. The fourth-order valence-electron chi connectivity index (χ4n) is 1.91. The molecule has 2 aromatic rings. The Balaban J connectivity index is 2.20. The smallest absolute Gasteiger partial charge is 0.126 e. The van der Waals surface area contributed by atoms with Gasteiger partial charge in [-0.1, -0.05) is 37.9 Å². The van der Waals surface area contributed by atoms with Crippen LogP contribution >= 0.6 is 31.9 Å². The zero-order valence-corrected chi connectivity index (χ0v) is 13.8. The Hall–Kier alpha value is -0.870. The molecule has 0 spiro atoms. The van der Waals surface area contributed by atoms with Crippen molar-refractivity contribution in [1.82, 2.24) is 0 Å². The Bertz CT molecular complexity index is 599. The summed E-state index contributed by atoms with van der Waals surface area (Å²) in [6.45, 7) is 3.84. The molecule has 0 saturated carbocycles. The van der Waals surface area contributed by atoms with Crippen molar-refractivity contribution in [2.24, 2.45) is 0 Å². The van der Waals surface area contributed by atoms with Crippen LogP contribution in [0, 0.1) is 12.7 Å². The molecule has 19 heavy (non-hydrogen) atoms. The second-order valence-electron chi connectivity index (χ2n) is 4.50. The van der Waals surface area contributed by atoms with E-state index >= 15 is 0 Å². The highest BCUT2D eigenvalue weighted by atomic mass is 79.9. The predicted molar refractivity (Wildman–Crippen MR) is 85.0 cm³/mol. The second kappa shape index (κ2) is 6.06. The molecule has 0 radical (unpaired) electrons. The molecule has 1 nitrogen and oxygen atoms in total. The normalized spacial score (nSPS) is 12.3. The van der Waals surface area contributed by atoms with Gasteiger partial charge in [0.05, 0.1) is 0 Å². The van der Waals surface area contributed by atoms with Crippen molar-refractivity contribution in [3.05, 3.63) is 62.3 Å². The van der Waals surface area contributed by atoms with Gasteiger partial charge >= 0.3 is 0 Å². The molecule has 2 rings (SSSR count). The Morgan fingerprint density at radius 2 is 1.84 bits per heavy atom. The lowest BCUT2D eigenvalue weighted by Crippen LogP contribution is -2.07. The molecule has 1 N–H and O–H groups in total. The zero-order chi connectivity index (χ0) is 14.0. The lowest BCUT2D eigenvalue weighted by Gasteiger charge is -2.18. The van der Waals surface area contributed by atoms with E-state index in [0.29, 0.717) is 5.56 Å². The molecule has 1 unspecified atom stereocenters. The molecule has 0 amide bonds. The Morgan fingerprint density at radius 3 is 2.47 bits per heavy atom. The lowest BCUT2D eigenvalue weighted by atomic mass is 10.1. The molecule has 0 bridgehead atoms. The van der Waals surface area contributed by atoms with E-state index in [0.717, 1.165) is 20.2 Å². The van der Waals surface area contributed by atoms with Gasteiger partial charge in [-0.05, 0) is 55.3 Å². The number of anilines is 1. The summed E-state index contributed by atoms with van der Waals surface area (Å²) in [5.74, 6) is -0.178. The van der Waals surface area contributed by atoms with E-state index in [1.54, 1.807) is 13.0 Å². The van der Waals surface area contributed by atoms with Gasteiger partial charge in [0, 0.05) is 20.7 Å². The average molecular weight is 387 g/mol. The molecular weight excluding hydrogens is 373 g/mol. The standard InChI is InChI=1S/C15H14Br2FN/c1-9-7-12(4-6-15(9)18)19-10(2)13-5-3-11(16)8-14(13)17/h3-8,10,19H,1-2H3. The highest BCUT2D eigenvalue weighted by Crippen LogP contribution is 2.29. The number of halogens is 3. The Morgan fingerprint density at radius 1 is 1.11 bits per heavy atom. The largest absolute Gasteiger partial charge is 0.378 e. The minimum atomic E-state index is -0.178. The summed E-state index contributed by atoms with van der Waals surface area (Å²) in [5.41, 5.74) is 2.72. The molecule has 1 atom stereocenters. The third kappa shape index (κ3) is 3.57. The molecule has 0 aliphatic rings. The van der Waals surface area contributed by atoms with Crippen LogP contribution in [-0.2, 0) is 0 Å². The van der Waals surface area contributed by atoms with Gasteiger partial charge < -0.3 is 5.32 Å². The maximum absolute atomic E-state index is 13.2. The van der Waals surface area contributed by atoms with Crippen molar-refractivity contribution in [2.45, 2.75) is 19.9 Å². The molecular formula is C15H14Br2FN. The monoisotopic (exact) mass is 385 g/mol. The van der Waals surface area contributed by atoms with Crippen molar-refractivity contribution < 1.29 is 4.39 Å². The summed E-state index contributed by atoms with van der Waals surface area (Å²) in [6.07, 6.45) is 0. The lowest BCUT2D eigenvalue weighted by molar-refractivity contribution is 0.618. The molecule has 0 saturated heterocycles. The second-order valence-corrected chi connectivity index (χ2v) is 6.27. The van der Waals surface area contributed by atoms with Gasteiger partial charge in [0.2, 0.25) is 0 Å². The molecule has 0 fully saturated rings. The van der Waals surface area contributed by atoms with E-state index < -0.39 is 0 Å². The molecule has 0 aliphatic heterocycles. The fraction of sp³-hybridized carbons (Fsp3) is 0.200. The van der Waals surface area contributed by atoms with Crippen molar-refractivity contribution in [2.75, 3.05) is 5.32 Å². The summed E-state index contributed by atoms with van der Waals surface area (Å²) >= 11 is 6.99.